The highest BCUT2D eigenvalue weighted by atomic mass is 32.5. The third-order valence-corrected chi connectivity index (χ3v) is 12.5. The Morgan fingerprint density at radius 2 is 2.11 bits per heavy atom. The van der Waals surface area contributed by atoms with E-state index < -0.39 is 46.8 Å². The van der Waals surface area contributed by atoms with E-state index in [1.165, 1.54) is 17.1 Å². The second-order valence-electron chi connectivity index (χ2n) is 5.57. The molecule has 0 aromatic carbocycles. The molecule has 3 heterocycles. The van der Waals surface area contributed by atoms with E-state index in [1.54, 1.807) is 0 Å². The zero-order chi connectivity index (χ0) is 20.0. The van der Waals surface area contributed by atoms with Crippen molar-refractivity contribution >= 4 is 38.9 Å². The van der Waals surface area contributed by atoms with Gasteiger partial charge in [0.1, 0.15) is 17.8 Å². The number of ether oxygens (including phenoxy) is 1. The number of imidazole rings is 1. The summed E-state index contributed by atoms with van der Waals surface area (Å²) in [4.78, 5) is 39.3. The van der Waals surface area contributed by atoms with Gasteiger partial charge in [0.15, 0.2) is 5.65 Å². The van der Waals surface area contributed by atoms with Crippen molar-refractivity contribution in [3.63, 3.8) is 0 Å². The Bertz CT molecular complexity index is 982. The normalized spacial score (nSPS) is 28.0. The number of hydrogen-bond acceptors (Lipinski definition) is 10. The van der Waals surface area contributed by atoms with Crippen LogP contribution in [0.5, 0.6) is 0 Å². The van der Waals surface area contributed by atoms with E-state index in [1.807, 2.05) is 0 Å². The molecule has 2 aromatic heterocycles. The quantitative estimate of drug-likeness (QED) is 0.375. The number of nitrogen functional groups attached to an aromatic ring is 1. The molecule has 0 amide bonds. The molecule has 1 aliphatic rings. The van der Waals surface area contributed by atoms with Crippen LogP contribution >= 0.6 is 21.7 Å². The van der Waals surface area contributed by atoms with Crippen molar-refractivity contribution < 1.29 is 42.7 Å². The molecule has 6 atom stereocenters. The molecule has 0 saturated carbocycles. The van der Waals surface area contributed by atoms with E-state index >= 15 is 0 Å². The van der Waals surface area contributed by atoms with Gasteiger partial charge in [-0.25, -0.2) is 19.1 Å². The van der Waals surface area contributed by atoms with Crippen molar-refractivity contribution in [2.75, 3.05) is 12.3 Å². The van der Waals surface area contributed by atoms with Crippen molar-refractivity contribution in [1.29, 1.82) is 0 Å². The number of rotatable bonds is 6. The Morgan fingerprint density at radius 3 is 2.78 bits per heavy atom. The van der Waals surface area contributed by atoms with Crippen LogP contribution in [0, 0.1) is 0 Å². The molecule has 0 aliphatic carbocycles. The first-order chi connectivity index (χ1) is 12.5. The van der Waals surface area contributed by atoms with Gasteiger partial charge in [-0.3, -0.25) is 14.0 Å². The number of aromatic nitrogens is 4. The van der Waals surface area contributed by atoms with E-state index in [-0.39, 0.29) is 12.4 Å². The Kier molecular flexibility index (Phi) is 5.48. The SMILES string of the molecule is Nc1ncc2ncn([C@H]3C[C@H](O)[C@@H](COP(=O)(O)P(=O)(O)[P+](=O)O)O3)c2n1. The number of nitrogens with two attached hydrogens (primary N) is 1. The summed E-state index contributed by atoms with van der Waals surface area (Å²) in [6.07, 6.45) is -0.270. The fraction of sp³-hybridized carbons (Fsp3) is 0.500. The number of fused-ring (bicyclic) bond motifs is 1. The van der Waals surface area contributed by atoms with Gasteiger partial charge in [-0.2, -0.15) is 9.88 Å². The smallest absolute Gasteiger partial charge is 0.390 e. The maximum absolute atomic E-state index is 11.8. The number of hydrogen-bond donors (Lipinski definition) is 5. The second kappa shape index (κ2) is 7.25. The topological polar surface area (TPSA) is 220 Å². The minimum Gasteiger partial charge on any atom is -0.390 e. The summed E-state index contributed by atoms with van der Waals surface area (Å²) in [6.45, 7) is -6.14. The van der Waals surface area contributed by atoms with E-state index in [2.05, 4.69) is 19.5 Å². The van der Waals surface area contributed by atoms with Gasteiger partial charge in [-0.15, -0.1) is 0 Å². The van der Waals surface area contributed by atoms with Gasteiger partial charge in [-0.1, -0.05) is 0 Å². The minimum absolute atomic E-state index is 0.000659. The second-order valence-corrected chi connectivity index (χ2v) is 15.1. The number of aliphatic hydroxyl groups excluding tert-OH is 1. The van der Waals surface area contributed by atoms with Crippen molar-refractivity contribution in [3.05, 3.63) is 12.5 Å². The van der Waals surface area contributed by atoms with Crippen LogP contribution in [-0.4, -0.2) is 58.1 Å². The number of anilines is 1. The van der Waals surface area contributed by atoms with Gasteiger partial charge in [0, 0.05) is 6.42 Å². The predicted molar refractivity (Wildman–Crippen MR) is 89.7 cm³/mol. The van der Waals surface area contributed by atoms with Crippen LogP contribution in [0.4, 0.5) is 5.95 Å². The molecule has 2 aromatic rings. The van der Waals surface area contributed by atoms with Gasteiger partial charge in [0.25, 0.3) is 0 Å². The summed E-state index contributed by atoms with van der Waals surface area (Å²) < 4.78 is 45.5. The van der Waals surface area contributed by atoms with E-state index in [4.69, 9.17) is 15.4 Å². The first-order valence-electron chi connectivity index (χ1n) is 7.28. The van der Waals surface area contributed by atoms with Crippen molar-refractivity contribution in [2.24, 2.45) is 0 Å². The van der Waals surface area contributed by atoms with Crippen molar-refractivity contribution in [2.45, 2.75) is 24.9 Å². The molecular weight excluding hydrogens is 427 g/mol. The van der Waals surface area contributed by atoms with E-state index in [0.717, 1.165) is 0 Å². The highest BCUT2D eigenvalue weighted by Gasteiger charge is 2.61. The molecule has 17 heteroatoms. The third kappa shape index (κ3) is 3.81. The van der Waals surface area contributed by atoms with Gasteiger partial charge in [0.05, 0.1) is 25.2 Å². The molecule has 3 unspecified atom stereocenters. The van der Waals surface area contributed by atoms with Crippen LogP contribution in [0.15, 0.2) is 12.5 Å². The summed E-state index contributed by atoms with van der Waals surface area (Å²) in [5, 5.41) is 10.1. The molecule has 1 saturated heterocycles. The molecule has 148 valence electrons. The Balaban J connectivity index is 1.73. The fourth-order valence-electron chi connectivity index (χ4n) is 2.43. The van der Waals surface area contributed by atoms with Crippen LogP contribution in [0.2, 0.25) is 0 Å². The average molecular weight is 442 g/mol. The van der Waals surface area contributed by atoms with Gasteiger partial charge < -0.3 is 20.5 Å². The number of nitrogens with zero attached hydrogens (tertiary/aromatic N) is 4. The molecule has 6 N–H and O–H groups in total. The molecule has 14 nitrogen and oxygen atoms in total. The fourth-order valence-corrected chi connectivity index (χ4v) is 6.55. The highest BCUT2D eigenvalue weighted by molar-refractivity contribution is 8.57. The molecular formula is C10H15N5O9P3+. The lowest BCUT2D eigenvalue weighted by atomic mass is 10.2. The summed E-state index contributed by atoms with van der Waals surface area (Å²) in [7, 11) is -9.17. The first-order valence-corrected chi connectivity index (χ1v) is 13.1. The third-order valence-electron chi connectivity index (χ3n) is 3.81. The highest BCUT2D eigenvalue weighted by Crippen LogP contribution is 2.88. The van der Waals surface area contributed by atoms with E-state index in [0.29, 0.717) is 11.2 Å². The number of aliphatic hydroxyl groups is 1. The molecule has 1 aliphatic heterocycles. The monoisotopic (exact) mass is 442 g/mol. The molecule has 0 radical (unpaired) electrons. The van der Waals surface area contributed by atoms with Crippen LogP contribution in [0.3, 0.4) is 0 Å². The van der Waals surface area contributed by atoms with Crippen LogP contribution in [0.1, 0.15) is 12.6 Å². The van der Waals surface area contributed by atoms with Crippen molar-refractivity contribution in [3.8, 4) is 0 Å². The predicted octanol–water partition coefficient (Wildman–Crippen LogP) is 0.0940. The maximum atomic E-state index is 11.8. The standard InChI is InChI=1S/C10H14N5O9P3/c11-10-12-2-5-9(14-10)15(4-13-5)8-1-6(16)7(24-8)3-23-26(19,20)27(21,22)25(17)18/h2,4,6-8,16H,1,3H2,(H4-,11,12,14,17,18,19,20,21,22)/p+1/t6-,7+,8+/m0/s1. The summed E-state index contributed by atoms with van der Waals surface area (Å²) in [5.74, 6) is 0.000659. The van der Waals surface area contributed by atoms with Gasteiger partial charge >= 0.3 is 21.7 Å². The minimum atomic E-state index is -5.37. The molecule has 1 fully saturated rings. The Hall–Kier alpha value is -1.33. The molecule has 0 bridgehead atoms. The van der Waals surface area contributed by atoms with E-state index in [9.17, 15) is 28.6 Å². The lowest BCUT2D eigenvalue weighted by Crippen LogP contribution is -2.25. The average Bonchev–Trinajstić information content (AvgIpc) is 3.15. The lowest BCUT2D eigenvalue weighted by Gasteiger charge is -2.17. The van der Waals surface area contributed by atoms with Gasteiger partial charge in [0.2, 0.25) is 5.95 Å². The van der Waals surface area contributed by atoms with Crippen LogP contribution in [0.25, 0.3) is 11.2 Å². The summed E-state index contributed by atoms with van der Waals surface area (Å²) in [6, 6.07) is 0. The lowest BCUT2D eigenvalue weighted by molar-refractivity contribution is -0.0389. The summed E-state index contributed by atoms with van der Waals surface area (Å²) >= 11 is 0. The Morgan fingerprint density at radius 1 is 1.41 bits per heavy atom. The summed E-state index contributed by atoms with van der Waals surface area (Å²) in [5.41, 5.74) is 6.30. The maximum Gasteiger partial charge on any atom is 0.600 e. The largest absolute Gasteiger partial charge is 0.600 e. The zero-order valence-electron chi connectivity index (χ0n) is 13.3. The molecule has 0 spiro atoms. The van der Waals surface area contributed by atoms with Crippen molar-refractivity contribution in [1.82, 2.24) is 19.5 Å². The molecule has 27 heavy (non-hydrogen) atoms. The molecule has 3 rings (SSSR count). The zero-order valence-corrected chi connectivity index (χ0v) is 16.0. The van der Waals surface area contributed by atoms with Gasteiger partial charge in [-0.05, 0) is 4.57 Å². The Labute approximate surface area is 151 Å². The van der Waals surface area contributed by atoms with Crippen LogP contribution < -0.4 is 5.73 Å². The van der Waals surface area contributed by atoms with Crippen LogP contribution in [-0.2, 0) is 23.0 Å². The first kappa shape index (κ1) is 20.4.